The molecule has 40 heavy (non-hydrogen) atoms. The van der Waals surface area contributed by atoms with Gasteiger partial charge in [0.15, 0.2) is 0 Å². The van der Waals surface area contributed by atoms with Gasteiger partial charge in [-0.05, 0) is 72.5 Å². The standard InChI is InChI=1S/C21H25.C16H21.2ClH.Zr/c1-20(2,3)16-9-7-14-11-15-8-10-17(21(4,5)6)13-19(15)18(14)12-16;1-11-2-3-15(4-11)16-8-12-5-13(9-16)7-14(6-12)10-16;;;/h7-13H,1-6H3;2-3,11-14H,5-10H2,1H3;2*1H;/q2*-1;;;+4/p-2. The third-order valence-corrected chi connectivity index (χ3v) is 9.98. The summed E-state index contributed by atoms with van der Waals surface area (Å²) in [7, 11) is 0. The molecule has 8 rings (SSSR count). The molecule has 3 heteroatoms. The molecule has 3 aromatic rings. The molecule has 3 aromatic carbocycles. The van der Waals surface area contributed by atoms with Gasteiger partial charge in [0.1, 0.15) is 0 Å². The second-order valence-electron chi connectivity index (χ2n) is 15.2. The Balaban J connectivity index is 0.000000210. The van der Waals surface area contributed by atoms with E-state index in [2.05, 4.69) is 109 Å². The molecule has 4 saturated carbocycles. The molecule has 0 aliphatic heterocycles. The Labute approximate surface area is 275 Å². The summed E-state index contributed by atoms with van der Waals surface area (Å²) in [6.07, 6.45) is 17.6. The number of fused-ring (bicyclic) bond motifs is 3. The summed E-state index contributed by atoms with van der Waals surface area (Å²) >= 11 is 0. The Morgan fingerprint density at radius 1 is 0.725 bits per heavy atom. The van der Waals surface area contributed by atoms with Crippen molar-refractivity contribution in [3.8, 4) is 0 Å². The van der Waals surface area contributed by atoms with Crippen LogP contribution < -0.4 is 24.8 Å². The average Bonchev–Trinajstić information content (AvgIpc) is 3.40. The molecule has 0 amide bonds. The van der Waals surface area contributed by atoms with Crippen LogP contribution in [0.15, 0.2) is 60.2 Å². The van der Waals surface area contributed by atoms with Crippen molar-refractivity contribution in [2.45, 2.75) is 97.8 Å². The van der Waals surface area contributed by atoms with Crippen LogP contribution in [-0.2, 0) is 37.0 Å². The van der Waals surface area contributed by atoms with Gasteiger partial charge in [0, 0.05) is 0 Å². The number of hydrogen-bond acceptors (Lipinski definition) is 0. The van der Waals surface area contributed by atoms with E-state index in [-0.39, 0.29) is 61.8 Å². The van der Waals surface area contributed by atoms with Crippen LogP contribution in [0.25, 0.3) is 21.5 Å². The minimum atomic E-state index is 0. The van der Waals surface area contributed by atoms with Gasteiger partial charge in [0.2, 0.25) is 0 Å². The minimum Gasteiger partial charge on any atom is -1.00 e. The van der Waals surface area contributed by atoms with Crippen molar-refractivity contribution in [2.75, 3.05) is 0 Å². The van der Waals surface area contributed by atoms with Crippen LogP contribution in [0.1, 0.15) is 98.1 Å². The number of allylic oxidation sites excluding steroid dienone is 4. The Bertz CT molecular complexity index is 1290. The first-order chi connectivity index (χ1) is 17.4. The maximum atomic E-state index is 3.72. The maximum Gasteiger partial charge on any atom is 4.00 e. The molecule has 0 saturated heterocycles. The molecule has 212 valence electrons. The molecule has 0 N–H and O–H groups in total. The fourth-order valence-electron chi connectivity index (χ4n) is 8.28. The van der Waals surface area contributed by atoms with Gasteiger partial charge in [-0.2, -0.15) is 6.08 Å². The zero-order chi connectivity index (χ0) is 26.2. The first-order valence-electron chi connectivity index (χ1n) is 14.9. The van der Waals surface area contributed by atoms with E-state index in [1.54, 1.807) is 24.8 Å². The molecule has 0 spiro atoms. The predicted molar refractivity (Wildman–Crippen MR) is 160 cm³/mol. The van der Waals surface area contributed by atoms with Crippen LogP contribution >= 0.6 is 0 Å². The van der Waals surface area contributed by atoms with Gasteiger partial charge in [0.25, 0.3) is 0 Å². The summed E-state index contributed by atoms with van der Waals surface area (Å²) in [5, 5.41) is 5.49. The van der Waals surface area contributed by atoms with Crippen LogP contribution in [0.2, 0.25) is 0 Å². The monoisotopic (exact) mass is 650 g/mol. The summed E-state index contributed by atoms with van der Waals surface area (Å²) in [6.45, 7) is 15.9. The van der Waals surface area contributed by atoms with E-state index in [0.717, 1.165) is 17.8 Å². The summed E-state index contributed by atoms with van der Waals surface area (Å²) in [5.41, 5.74) is 5.38. The fourth-order valence-corrected chi connectivity index (χ4v) is 8.28. The van der Waals surface area contributed by atoms with Gasteiger partial charge in [0.05, 0.1) is 0 Å². The summed E-state index contributed by atoms with van der Waals surface area (Å²) < 4.78 is 0. The molecular weight excluding hydrogens is 607 g/mol. The number of hydrogen-bond donors (Lipinski definition) is 0. The molecule has 4 fully saturated rings. The van der Waals surface area contributed by atoms with Gasteiger partial charge in [-0.15, -0.1) is 39.7 Å². The van der Waals surface area contributed by atoms with Crippen LogP contribution in [0.5, 0.6) is 0 Å². The molecule has 1 atom stereocenters. The van der Waals surface area contributed by atoms with E-state index < -0.39 is 0 Å². The summed E-state index contributed by atoms with van der Waals surface area (Å²) in [5.74, 6) is 3.75. The molecule has 5 aliphatic carbocycles. The molecule has 0 heterocycles. The molecule has 5 aliphatic rings. The third-order valence-electron chi connectivity index (χ3n) is 9.98. The number of halogens is 2. The van der Waals surface area contributed by atoms with Crippen LogP contribution in [0.3, 0.4) is 0 Å². The van der Waals surface area contributed by atoms with E-state index >= 15 is 0 Å². The molecule has 0 radical (unpaired) electrons. The van der Waals surface area contributed by atoms with Crippen molar-refractivity contribution < 1.29 is 51.0 Å². The van der Waals surface area contributed by atoms with Crippen molar-refractivity contribution in [3.63, 3.8) is 0 Å². The van der Waals surface area contributed by atoms with Gasteiger partial charge < -0.3 is 24.8 Å². The average molecular weight is 653 g/mol. The SMILES string of the molecule is CC(C)(C)c1ccc2[cH-]c3ccc(C(C)(C)C)cc3c2c1.CC1[C-]=C(C23CC4CC(CC(C4)C2)C3)C=C1.[Cl-].[Cl-].[Zr+4]. The predicted octanol–water partition coefficient (Wildman–Crippen LogP) is 4.45. The minimum absolute atomic E-state index is 0. The quantitative estimate of drug-likeness (QED) is 0.341. The smallest absolute Gasteiger partial charge is 1.00 e. The molecule has 4 bridgehead atoms. The van der Waals surface area contributed by atoms with Gasteiger partial charge in [-0.3, -0.25) is 6.08 Å². The number of benzene rings is 2. The van der Waals surface area contributed by atoms with Crippen molar-refractivity contribution in [1.29, 1.82) is 0 Å². The molecule has 0 aromatic heterocycles. The Kier molecular flexibility index (Phi) is 10.2. The fraction of sp³-hybridized carbons (Fsp3) is 0.541. The second kappa shape index (κ2) is 12.1. The van der Waals surface area contributed by atoms with Crippen LogP contribution in [0, 0.1) is 35.2 Å². The van der Waals surface area contributed by atoms with E-state index in [1.165, 1.54) is 51.9 Å². The topological polar surface area (TPSA) is 0 Å². The van der Waals surface area contributed by atoms with Crippen molar-refractivity contribution in [2.24, 2.45) is 29.1 Å². The van der Waals surface area contributed by atoms with Gasteiger partial charge in [-0.1, -0.05) is 89.8 Å². The first kappa shape index (κ1) is 33.8. The Hall–Kier alpha value is -0.747. The van der Waals surface area contributed by atoms with E-state index in [9.17, 15) is 0 Å². The van der Waals surface area contributed by atoms with Gasteiger partial charge >= 0.3 is 26.2 Å². The van der Waals surface area contributed by atoms with Crippen molar-refractivity contribution in [1.82, 2.24) is 0 Å². The Morgan fingerprint density at radius 3 is 1.50 bits per heavy atom. The van der Waals surface area contributed by atoms with Gasteiger partial charge in [-0.25, -0.2) is 11.6 Å². The molecule has 0 nitrogen and oxygen atoms in total. The van der Waals surface area contributed by atoms with Crippen molar-refractivity contribution >= 4 is 21.5 Å². The van der Waals surface area contributed by atoms with E-state index in [4.69, 9.17) is 0 Å². The van der Waals surface area contributed by atoms with E-state index in [0.29, 0.717) is 11.3 Å². The third kappa shape index (κ3) is 6.43. The van der Waals surface area contributed by atoms with Crippen LogP contribution in [0.4, 0.5) is 0 Å². The number of rotatable bonds is 1. The maximum absolute atomic E-state index is 3.72. The Morgan fingerprint density at radius 2 is 1.15 bits per heavy atom. The zero-order valence-electron chi connectivity index (χ0n) is 25.5. The van der Waals surface area contributed by atoms with E-state index in [1.807, 2.05) is 0 Å². The molecule has 1 unspecified atom stereocenters. The summed E-state index contributed by atoms with van der Waals surface area (Å²) in [4.78, 5) is 0. The normalized spacial score (nSPS) is 28.3. The first-order valence-corrected chi connectivity index (χ1v) is 14.9. The second-order valence-corrected chi connectivity index (χ2v) is 15.2. The largest absolute Gasteiger partial charge is 4.00 e. The van der Waals surface area contributed by atoms with Crippen LogP contribution in [-0.4, -0.2) is 0 Å². The zero-order valence-corrected chi connectivity index (χ0v) is 29.5. The van der Waals surface area contributed by atoms with Crippen molar-refractivity contribution in [3.05, 3.63) is 77.4 Å². The molecular formula is C37H46Cl2Zr. The summed E-state index contributed by atoms with van der Waals surface area (Å²) in [6, 6.07) is 16.1.